The monoisotopic (exact) mass is 140 g/mol. The normalized spacial score (nSPS) is 29.2. The number of amidine groups is 1. The number of allylic oxidation sites excluding steroid dienone is 1. The van der Waals surface area contributed by atoms with E-state index in [0.29, 0.717) is 5.84 Å². The van der Waals surface area contributed by atoms with E-state index < -0.39 is 0 Å². The van der Waals surface area contributed by atoms with E-state index in [0.717, 1.165) is 5.76 Å². The van der Waals surface area contributed by atoms with Gasteiger partial charge in [-0.05, 0) is 0 Å². The largest absolute Gasteiger partial charge is 0.456 e. The molecule has 0 aromatic carbocycles. The summed E-state index contributed by atoms with van der Waals surface area (Å²) in [6.45, 7) is 0. The fourth-order valence-electron chi connectivity index (χ4n) is 0.747. The zero-order chi connectivity index (χ0) is 6.27. The Labute approximate surface area is 57.6 Å². The molecule has 0 aliphatic carbocycles. The van der Waals surface area contributed by atoms with E-state index >= 15 is 0 Å². The van der Waals surface area contributed by atoms with Crippen LogP contribution in [0.5, 0.6) is 0 Å². The minimum absolute atomic E-state index is 0.344. The summed E-state index contributed by atoms with van der Waals surface area (Å²) in [7, 11) is 0. The van der Waals surface area contributed by atoms with Crippen molar-refractivity contribution >= 4 is 24.7 Å². The number of aliphatic imine (C=N–C) groups is 2. The average molecular weight is 140 g/mol. The van der Waals surface area contributed by atoms with E-state index in [1.807, 2.05) is 0 Å². The Morgan fingerprint density at radius 2 is 2.56 bits per heavy atom. The Balaban J connectivity index is 2.40. The number of ether oxygens (including phenoxy) is 1. The van der Waals surface area contributed by atoms with Crippen LogP contribution in [0.2, 0.25) is 0 Å². The van der Waals surface area contributed by atoms with E-state index in [-0.39, 0.29) is 5.56 Å². The molecule has 0 N–H and O–H groups in total. The molecule has 3 nitrogen and oxygen atoms in total. The third-order valence-electron chi connectivity index (χ3n) is 1.11. The van der Waals surface area contributed by atoms with Gasteiger partial charge in [0.05, 0.1) is 0 Å². The van der Waals surface area contributed by atoms with Crippen LogP contribution in [-0.2, 0) is 4.74 Å². The zero-order valence-corrected chi connectivity index (χ0v) is 5.38. The van der Waals surface area contributed by atoms with Gasteiger partial charge >= 0.3 is 0 Å². The number of hydrogen-bond donors (Lipinski definition) is 1. The van der Waals surface area contributed by atoms with Crippen LogP contribution in [0, 0.1) is 0 Å². The molecule has 0 radical (unpaired) electrons. The van der Waals surface area contributed by atoms with Crippen LogP contribution in [0.15, 0.2) is 21.8 Å². The second kappa shape index (κ2) is 1.60. The van der Waals surface area contributed by atoms with Gasteiger partial charge in [0.1, 0.15) is 0 Å². The smallest absolute Gasteiger partial charge is 0.237 e. The first-order chi connectivity index (χ1) is 4.36. The minimum atomic E-state index is -0.344. The summed E-state index contributed by atoms with van der Waals surface area (Å²) in [5.41, 5.74) is -0.344. The Morgan fingerprint density at radius 1 is 1.67 bits per heavy atom. The van der Waals surface area contributed by atoms with Crippen LogP contribution in [0.1, 0.15) is 0 Å². The first-order valence-electron chi connectivity index (χ1n) is 2.53. The predicted molar refractivity (Wildman–Crippen MR) is 37.9 cm³/mol. The molecular weight excluding hydrogens is 136 g/mol. The lowest BCUT2D eigenvalue weighted by Gasteiger charge is -1.96. The highest BCUT2D eigenvalue weighted by Crippen LogP contribution is 2.20. The van der Waals surface area contributed by atoms with Crippen LogP contribution in [0.4, 0.5) is 0 Å². The quantitative estimate of drug-likeness (QED) is 0.491. The summed E-state index contributed by atoms with van der Waals surface area (Å²) in [5, 5.41) is 0. The van der Waals surface area contributed by atoms with Gasteiger partial charge in [0.2, 0.25) is 5.56 Å². The van der Waals surface area contributed by atoms with Gasteiger partial charge in [0.15, 0.2) is 11.6 Å². The van der Waals surface area contributed by atoms with Crippen molar-refractivity contribution in [1.29, 1.82) is 0 Å². The molecule has 1 unspecified atom stereocenters. The van der Waals surface area contributed by atoms with Gasteiger partial charge < -0.3 is 4.74 Å². The number of thiol groups is 1. The molecule has 4 heteroatoms. The molecule has 0 amide bonds. The third-order valence-corrected chi connectivity index (χ3v) is 1.33. The van der Waals surface area contributed by atoms with E-state index in [1.54, 1.807) is 12.3 Å². The molecule has 9 heavy (non-hydrogen) atoms. The fraction of sp³-hybridized carbons (Fsp3) is 0.200. The van der Waals surface area contributed by atoms with Crippen LogP contribution in [-0.4, -0.2) is 17.6 Å². The van der Waals surface area contributed by atoms with Crippen molar-refractivity contribution in [3.63, 3.8) is 0 Å². The molecule has 0 fully saturated rings. The Morgan fingerprint density at radius 3 is 3.33 bits per heavy atom. The molecule has 2 heterocycles. The molecular formula is C5H4N2OS. The van der Waals surface area contributed by atoms with Crippen molar-refractivity contribution in [1.82, 2.24) is 0 Å². The van der Waals surface area contributed by atoms with Crippen molar-refractivity contribution in [2.75, 3.05) is 0 Å². The van der Waals surface area contributed by atoms with E-state index in [1.165, 1.54) is 0 Å². The Bertz CT molecular complexity index is 231. The lowest BCUT2D eigenvalue weighted by atomic mass is 10.5. The minimum Gasteiger partial charge on any atom is -0.456 e. The van der Waals surface area contributed by atoms with Gasteiger partial charge in [0.25, 0.3) is 0 Å². The van der Waals surface area contributed by atoms with Gasteiger partial charge in [-0.25, -0.2) is 9.98 Å². The molecule has 2 aliphatic rings. The third kappa shape index (κ3) is 0.666. The highest BCUT2D eigenvalue weighted by Gasteiger charge is 2.21. The lowest BCUT2D eigenvalue weighted by molar-refractivity contribution is 0.234. The summed E-state index contributed by atoms with van der Waals surface area (Å²) in [6, 6.07) is 0. The Hall–Kier alpha value is -0.770. The molecule has 0 spiro atoms. The molecule has 0 saturated carbocycles. The second-order valence-electron chi connectivity index (χ2n) is 1.71. The summed E-state index contributed by atoms with van der Waals surface area (Å²) < 4.78 is 5.08. The first kappa shape index (κ1) is 5.05. The molecule has 2 aliphatic heterocycles. The number of nitrogens with zero attached hydrogens (tertiary/aromatic N) is 2. The topological polar surface area (TPSA) is 34.0 Å². The molecule has 46 valence electrons. The number of fused-ring (bicyclic) bond motifs is 1. The maximum Gasteiger partial charge on any atom is 0.237 e. The molecule has 0 aromatic heterocycles. The van der Waals surface area contributed by atoms with E-state index in [9.17, 15) is 0 Å². The molecule has 2 rings (SSSR count). The maximum atomic E-state index is 5.08. The van der Waals surface area contributed by atoms with Gasteiger partial charge in [-0.15, -0.1) is 12.6 Å². The Kier molecular flexibility index (Phi) is 0.900. The standard InChI is InChI=1S/C5H4N2OS/c9-5-7-4-3(8-5)1-2-6-4/h1-2,5,9H. The van der Waals surface area contributed by atoms with E-state index in [4.69, 9.17) is 4.74 Å². The highest BCUT2D eigenvalue weighted by molar-refractivity contribution is 7.80. The van der Waals surface area contributed by atoms with Crippen molar-refractivity contribution in [2.45, 2.75) is 5.56 Å². The number of hydrogen-bond acceptors (Lipinski definition) is 4. The van der Waals surface area contributed by atoms with Crippen molar-refractivity contribution < 1.29 is 4.74 Å². The molecule has 1 atom stereocenters. The summed E-state index contributed by atoms with van der Waals surface area (Å²) in [6.07, 6.45) is 3.43. The number of rotatable bonds is 0. The molecule has 0 aromatic rings. The van der Waals surface area contributed by atoms with Gasteiger partial charge in [0, 0.05) is 12.3 Å². The predicted octanol–water partition coefficient (Wildman–Crippen LogP) is 0.597. The van der Waals surface area contributed by atoms with Crippen molar-refractivity contribution in [3.8, 4) is 0 Å². The average Bonchev–Trinajstić information content (AvgIpc) is 2.22. The van der Waals surface area contributed by atoms with Gasteiger partial charge in [-0.1, -0.05) is 0 Å². The van der Waals surface area contributed by atoms with Gasteiger partial charge in [-0.2, -0.15) is 0 Å². The summed E-state index contributed by atoms with van der Waals surface area (Å²) in [5.74, 6) is 1.39. The van der Waals surface area contributed by atoms with Crippen LogP contribution in [0.3, 0.4) is 0 Å². The lowest BCUT2D eigenvalue weighted by Crippen LogP contribution is -1.91. The van der Waals surface area contributed by atoms with Crippen molar-refractivity contribution in [3.05, 3.63) is 11.8 Å². The highest BCUT2D eigenvalue weighted by atomic mass is 32.1. The molecule has 0 bridgehead atoms. The van der Waals surface area contributed by atoms with Crippen LogP contribution in [0.25, 0.3) is 0 Å². The zero-order valence-electron chi connectivity index (χ0n) is 4.48. The SMILES string of the molecule is SC1N=C2N=CC=C2O1. The molecule has 0 saturated heterocycles. The fourth-order valence-corrected chi connectivity index (χ4v) is 0.970. The first-order valence-corrected chi connectivity index (χ1v) is 3.05. The maximum absolute atomic E-state index is 5.08. The van der Waals surface area contributed by atoms with Crippen LogP contribution < -0.4 is 0 Å². The summed E-state index contributed by atoms with van der Waals surface area (Å²) in [4.78, 5) is 7.85. The van der Waals surface area contributed by atoms with Crippen molar-refractivity contribution in [2.24, 2.45) is 9.98 Å². The van der Waals surface area contributed by atoms with Gasteiger partial charge in [-0.3, -0.25) is 0 Å². The van der Waals surface area contributed by atoms with E-state index in [2.05, 4.69) is 22.6 Å². The second-order valence-corrected chi connectivity index (χ2v) is 2.15. The summed E-state index contributed by atoms with van der Waals surface area (Å²) >= 11 is 3.97. The van der Waals surface area contributed by atoms with Crippen LogP contribution >= 0.6 is 12.6 Å².